The first kappa shape index (κ1) is 39.9. The van der Waals surface area contributed by atoms with Crippen molar-refractivity contribution in [3.05, 3.63) is 36.3 Å². The van der Waals surface area contributed by atoms with Crippen molar-refractivity contribution in [1.29, 1.82) is 0 Å². The van der Waals surface area contributed by atoms with Crippen LogP contribution in [-0.2, 0) is 24.4 Å². The van der Waals surface area contributed by atoms with Crippen LogP contribution in [0.4, 0.5) is 18.0 Å². The van der Waals surface area contributed by atoms with Gasteiger partial charge in [-0.1, -0.05) is 26.0 Å². The fraction of sp³-hybridized carbons (Fsp3) is 0.583. The zero-order valence-electron chi connectivity index (χ0n) is 30.6. The maximum Gasteiger partial charge on any atom is 0.405 e. The Hall–Kier alpha value is -4.81. The van der Waals surface area contributed by atoms with Crippen molar-refractivity contribution < 1.29 is 60.1 Å². The highest BCUT2D eigenvalue weighted by molar-refractivity contribution is 7.91. The van der Waals surface area contributed by atoms with Gasteiger partial charge in [-0.05, 0) is 62.5 Å². The number of sulfonamides is 1. The maximum atomic E-state index is 15.0. The van der Waals surface area contributed by atoms with Gasteiger partial charge in [0.05, 0.1) is 32.3 Å². The van der Waals surface area contributed by atoms with Crippen molar-refractivity contribution in [1.82, 2.24) is 25.2 Å². The number of amides is 4. The van der Waals surface area contributed by atoms with Crippen molar-refractivity contribution in [3.63, 3.8) is 0 Å². The summed E-state index contributed by atoms with van der Waals surface area (Å²) in [7, 11) is -2.15. The molecule has 2 aliphatic carbocycles. The predicted octanol–water partition coefficient (Wildman–Crippen LogP) is 3.51. The van der Waals surface area contributed by atoms with Gasteiger partial charge in [-0.3, -0.25) is 19.1 Å². The maximum absolute atomic E-state index is 15.0. The molecule has 55 heavy (non-hydrogen) atoms. The molecule has 2 aromatic rings. The fourth-order valence-corrected chi connectivity index (χ4v) is 9.26. The van der Waals surface area contributed by atoms with Crippen molar-refractivity contribution in [2.45, 2.75) is 93.7 Å². The van der Waals surface area contributed by atoms with Gasteiger partial charge >= 0.3 is 6.09 Å². The molecule has 300 valence electrons. The third kappa shape index (κ3) is 7.58. The van der Waals surface area contributed by atoms with Crippen molar-refractivity contribution in [2.75, 3.05) is 20.8 Å². The summed E-state index contributed by atoms with van der Waals surface area (Å²) in [5.74, 6) is -4.62. The number of alkyl halides is 2. The van der Waals surface area contributed by atoms with Crippen LogP contribution < -0.4 is 29.6 Å². The summed E-state index contributed by atoms with van der Waals surface area (Å²) in [5.41, 5.74) is -1.85. The first-order valence-electron chi connectivity index (χ1n) is 18.0. The Morgan fingerprint density at radius 1 is 1.09 bits per heavy atom. The second-order valence-corrected chi connectivity index (χ2v) is 17.0. The molecular formula is C36H44F3N5O10S. The minimum Gasteiger partial charge on any atom is -0.494 e. The summed E-state index contributed by atoms with van der Waals surface area (Å²) < 4.78 is 84.9. The van der Waals surface area contributed by atoms with E-state index in [4.69, 9.17) is 14.2 Å². The molecule has 0 bridgehead atoms. The van der Waals surface area contributed by atoms with Crippen molar-refractivity contribution in [3.8, 4) is 17.4 Å². The number of ether oxygens (including phenoxy) is 3. The van der Waals surface area contributed by atoms with Gasteiger partial charge in [0.1, 0.15) is 29.5 Å². The molecule has 3 heterocycles. The molecule has 4 N–H and O–H groups in total. The van der Waals surface area contributed by atoms with E-state index in [9.17, 15) is 45.9 Å². The molecule has 4 amide bonds. The summed E-state index contributed by atoms with van der Waals surface area (Å²) >= 11 is 0. The number of carbonyl (C=O) groups excluding carboxylic acids is 3. The first-order chi connectivity index (χ1) is 26.0. The van der Waals surface area contributed by atoms with E-state index in [2.05, 4.69) is 15.6 Å². The number of rotatable bonds is 9. The molecule has 7 atom stereocenters. The van der Waals surface area contributed by atoms with E-state index < -0.39 is 86.4 Å². The first-order valence-corrected chi connectivity index (χ1v) is 19.5. The van der Waals surface area contributed by atoms with Gasteiger partial charge in [0.25, 0.3) is 12.3 Å². The van der Waals surface area contributed by atoms with Gasteiger partial charge in [-0.25, -0.2) is 31.4 Å². The normalized spacial score (nSPS) is 29.9. The van der Waals surface area contributed by atoms with Crippen LogP contribution >= 0.6 is 0 Å². The topological polar surface area (TPSA) is 203 Å². The van der Waals surface area contributed by atoms with Gasteiger partial charge in [0, 0.05) is 17.7 Å². The number of hydrogen-bond acceptors (Lipinski definition) is 10. The second kappa shape index (κ2) is 15.0. The highest BCUT2D eigenvalue weighted by Gasteiger charge is 2.66. The van der Waals surface area contributed by atoms with E-state index in [1.165, 1.54) is 26.5 Å². The molecule has 0 spiro atoms. The minimum absolute atomic E-state index is 0.0100. The summed E-state index contributed by atoms with van der Waals surface area (Å²) in [6, 6.07) is -0.140. The molecule has 3 fully saturated rings. The Labute approximate surface area is 315 Å². The van der Waals surface area contributed by atoms with Crippen LogP contribution in [0, 0.1) is 23.6 Å². The molecule has 2 unspecified atom stereocenters. The number of hydrogen-bond donors (Lipinski definition) is 4. The summed E-state index contributed by atoms with van der Waals surface area (Å²) in [5, 5.41) is 15.3. The summed E-state index contributed by atoms with van der Waals surface area (Å²) in [6.45, 7) is 3.40. The summed E-state index contributed by atoms with van der Waals surface area (Å²) in [4.78, 5) is 59.9. The van der Waals surface area contributed by atoms with Gasteiger partial charge in [-0.15, -0.1) is 0 Å². The molecule has 4 aliphatic rings. The van der Waals surface area contributed by atoms with Crippen LogP contribution in [0.15, 0.2) is 30.5 Å². The number of benzene rings is 1. The Balaban J connectivity index is 1.36. The number of aromatic nitrogens is 1. The zero-order valence-corrected chi connectivity index (χ0v) is 31.5. The van der Waals surface area contributed by atoms with Crippen LogP contribution in [0.3, 0.4) is 0 Å². The van der Waals surface area contributed by atoms with Crippen LogP contribution in [0.25, 0.3) is 10.8 Å². The van der Waals surface area contributed by atoms with E-state index in [1.54, 1.807) is 19.1 Å². The van der Waals surface area contributed by atoms with Crippen molar-refractivity contribution >= 4 is 44.6 Å². The zero-order chi connectivity index (χ0) is 40.0. The van der Waals surface area contributed by atoms with Gasteiger partial charge < -0.3 is 34.9 Å². The lowest BCUT2D eigenvalue weighted by Crippen LogP contribution is -2.59. The number of allylic oxidation sites excluding steroid dienone is 1. The van der Waals surface area contributed by atoms with Crippen LogP contribution in [0.1, 0.15) is 58.8 Å². The van der Waals surface area contributed by atoms with E-state index in [0.717, 1.165) is 11.0 Å². The highest BCUT2D eigenvalue weighted by Crippen LogP contribution is 2.50. The number of nitrogens with zero attached hydrogens (tertiary/aromatic N) is 2. The number of carbonyl (C=O) groups is 4. The number of methoxy groups -OCH3 is 2. The SMILES string of the molecule is COc1cc2c(OC)cnc(O[C@@H]3C[C@H]4C(=O)NC5(C(=O)NS(=O)(=O)C6(C(F)F)CC6)CC5/C=C\CC[C@H](C)C[C@@H](C)[C@H](NC(=O)O)C(=O)N4C3)c2cc1F. The summed E-state index contributed by atoms with van der Waals surface area (Å²) in [6.07, 6.45) is -0.231. The Kier molecular flexibility index (Phi) is 10.9. The second-order valence-electron chi connectivity index (χ2n) is 15.0. The number of fused-ring (bicyclic) bond motifs is 3. The predicted molar refractivity (Wildman–Crippen MR) is 190 cm³/mol. The smallest absolute Gasteiger partial charge is 0.405 e. The van der Waals surface area contributed by atoms with Crippen LogP contribution in [0.5, 0.6) is 17.4 Å². The van der Waals surface area contributed by atoms with E-state index in [1.807, 2.05) is 11.6 Å². The van der Waals surface area contributed by atoms with Gasteiger partial charge in [0.2, 0.25) is 27.7 Å². The minimum atomic E-state index is -4.85. The number of halogens is 3. The molecule has 1 saturated heterocycles. The third-order valence-corrected chi connectivity index (χ3v) is 13.3. The fourth-order valence-electron chi connectivity index (χ4n) is 7.75. The number of nitrogens with one attached hydrogen (secondary N) is 3. The largest absolute Gasteiger partial charge is 0.494 e. The highest BCUT2D eigenvalue weighted by atomic mass is 32.2. The van der Waals surface area contributed by atoms with E-state index in [-0.39, 0.29) is 60.9 Å². The lowest BCUT2D eigenvalue weighted by Gasteiger charge is -2.32. The van der Waals surface area contributed by atoms with Gasteiger partial charge in [-0.2, -0.15) is 0 Å². The molecule has 15 nitrogen and oxygen atoms in total. The lowest BCUT2D eigenvalue weighted by atomic mass is 9.88. The Bertz CT molecular complexity index is 2010. The molecule has 2 aliphatic heterocycles. The number of pyridine rings is 1. The lowest BCUT2D eigenvalue weighted by molar-refractivity contribution is -0.142. The average Bonchev–Trinajstić information content (AvgIpc) is 4.03. The monoisotopic (exact) mass is 795 g/mol. The van der Waals surface area contributed by atoms with Gasteiger partial charge in [0.15, 0.2) is 16.3 Å². The Morgan fingerprint density at radius 3 is 2.44 bits per heavy atom. The van der Waals surface area contributed by atoms with Crippen molar-refractivity contribution in [2.24, 2.45) is 17.8 Å². The molecule has 2 saturated carbocycles. The molecule has 0 radical (unpaired) electrons. The van der Waals surface area contributed by atoms with Crippen LogP contribution in [-0.4, -0.2) is 103 Å². The third-order valence-electron chi connectivity index (χ3n) is 11.2. The average molecular weight is 796 g/mol. The molecule has 19 heteroatoms. The molecule has 1 aromatic heterocycles. The van der Waals surface area contributed by atoms with E-state index in [0.29, 0.717) is 24.6 Å². The molecule has 1 aromatic carbocycles. The molecule has 6 rings (SSSR count). The standard InChI is InChI=1S/C36H44F3N5O10S/c1-18-7-5-6-8-20-15-36(20,33(47)43-55(50,51)35(9-10-35)32(38)39)42-29(45)25-12-21(17-44(25)31(46)28(19(2)11-18)41-34(48)49)54-30-23-13-24(37)26(52-3)14-22(23)27(53-4)16-40-30/h6,8,13-14,16,18-21,25,28,32,41H,5,7,9-12,15,17H2,1-4H3,(H,42,45)(H,43,47)(H,48,49)/b8-6-/t18-,19+,20?,21+,25-,28-,36?/m0/s1. The number of carboxylic acid groups (broad SMARTS) is 1. The quantitative estimate of drug-likeness (QED) is 0.271. The molecular weight excluding hydrogens is 751 g/mol. The Morgan fingerprint density at radius 2 is 1.80 bits per heavy atom. The van der Waals surface area contributed by atoms with E-state index >= 15 is 0 Å². The van der Waals surface area contributed by atoms with Crippen LogP contribution in [0.2, 0.25) is 0 Å².